The number of hydrogen-bond donors (Lipinski definition) is 1. The molecular weight excluding hydrogens is 220 g/mol. The topological polar surface area (TPSA) is 45.2 Å². The van der Waals surface area contributed by atoms with Crippen LogP contribution in [0.2, 0.25) is 0 Å². The maximum absolute atomic E-state index is 9.63. The molecule has 0 spiro atoms. The van der Waals surface area contributed by atoms with Crippen molar-refractivity contribution in [3.05, 3.63) is 0 Å². The monoisotopic (exact) mass is 246 g/mol. The van der Waals surface area contributed by atoms with Crippen LogP contribution in [0.1, 0.15) is 6.92 Å². The van der Waals surface area contributed by atoms with E-state index >= 15 is 0 Å². The quantitative estimate of drug-likeness (QED) is 0.665. The van der Waals surface area contributed by atoms with Gasteiger partial charge in [-0.15, -0.1) is 0 Å². The molecule has 1 rings (SSSR count). The molecule has 1 heterocycles. The van der Waals surface area contributed by atoms with Crippen LogP contribution in [0, 0.1) is 0 Å². The fraction of sp³-hybridized carbons (Fsp3) is 1.00. The third-order valence-corrected chi connectivity index (χ3v) is 3.07. The molecule has 5 nitrogen and oxygen atoms in total. The molecule has 1 aliphatic rings. The molecule has 5 heteroatoms. The number of hydrogen-bond acceptors (Lipinski definition) is 5. The normalized spacial score (nSPS) is 24.2. The SMILES string of the molecule is CCN1CCOC(CN(C)CC(O)COC)C1. The fourth-order valence-electron chi connectivity index (χ4n) is 2.21. The van der Waals surface area contributed by atoms with Crippen molar-refractivity contribution in [3.8, 4) is 0 Å². The molecule has 1 aliphatic heterocycles. The van der Waals surface area contributed by atoms with Crippen LogP contribution in [0.3, 0.4) is 0 Å². The summed E-state index contributed by atoms with van der Waals surface area (Å²) in [6.07, 6.45) is -0.167. The van der Waals surface area contributed by atoms with Gasteiger partial charge in [0.15, 0.2) is 0 Å². The van der Waals surface area contributed by atoms with Gasteiger partial charge in [0.2, 0.25) is 0 Å². The molecule has 0 aromatic carbocycles. The minimum Gasteiger partial charge on any atom is -0.389 e. The van der Waals surface area contributed by atoms with Gasteiger partial charge in [0, 0.05) is 33.3 Å². The van der Waals surface area contributed by atoms with E-state index < -0.39 is 6.10 Å². The van der Waals surface area contributed by atoms with Gasteiger partial charge in [0.1, 0.15) is 0 Å². The van der Waals surface area contributed by atoms with Gasteiger partial charge in [-0.3, -0.25) is 4.90 Å². The maximum atomic E-state index is 9.63. The molecule has 0 aromatic rings. The molecule has 0 bridgehead atoms. The van der Waals surface area contributed by atoms with Gasteiger partial charge in [-0.1, -0.05) is 6.92 Å². The van der Waals surface area contributed by atoms with Crippen molar-refractivity contribution >= 4 is 0 Å². The summed E-state index contributed by atoms with van der Waals surface area (Å²) in [7, 11) is 3.61. The number of nitrogens with zero attached hydrogens (tertiary/aromatic N) is 2. The Labute approximate surface area is 104 Å². The summed E-state index contributed by atoms with van der Waals surface area (Å²) in [6, 6.07) is 0. The van der Waals surface area contributed by atoms with Crippen molar-refractivity contribution in [2.75, 3.05) is 60.1 Å². The number of aliphatic hydroxyl groups is 1. The Morgan fingerprint density at radius 1 is 1.59 bits per heavy atom. The highest BCUT2D eigenvalue weighted by Gasteiger charge is 2.21. The number of rotatable bonds is 7. The van der Waals surface area contributed by atoms with E-state index in [4.69, 9.17) is 9.47 Å². The lowest BCUT2D eigenvalue weighted by atomic mass is 10.2. The van der Waals surface area contributed by atoms with Crippen molar-refractivity contribution in [2.24, 2.45) is 0 Å². The summed E-state index contributed by atoms with van der Waals surface area (Å²) < 4.78 is 10.6. The molecule has 17 heavy (non-hydrogen) atoms. The van der Waals surface area contributed by atoms with Gasteiger partial charge < -0.3 is 19.5 Å². The van der Waals surface area contributed by atoms with E-state index in [1.165, 1.54) is 0 Å². The van der Waals surface area contributed by atoms with Gasteiger partial charge in [-0.2, -0.15) is 0 Å². The molecule has 2 unspecified atom stereocenters. The smallest absolute Gasteiger partial charge is 0.0899 e. The van der Waals surface area contributed by atoms with Crippen LogP contribution in [0.25, 0.3) is 0 Å². The largest absolute Gasteiger partial charge is 0.389 e. The Kier molecular flexibility index (Phi) is 6.99. The van der Waals surface area contributed by atoms with Crippen molar-refractivity contribution in [3.63, 3.8) is 0 Å². The second-order valence-electron chi connectivity index (χ2n) is 4.72. The standard InChI is InChI=1S/C12H26N2O3/c1-4-14-5-6-17-12(9-14)8-13(2)7-11(15)10-16-3/h11-12,15H,4-10H2,1-3H3. The van der Waals surface area contributed by atoms with Gasteiger partial charge in [0.25, 0.3) is 0 Å². The number of aliphatic hydroxyl groups excluding tert-OH is 1. The molecule has 0 radical (unpaired) electrons. The van der Waals surface area contributed by atoms with E-state index in [2.05, 4.69) is 16.7 Å². The molecule has 2 atom stereocenters. The Balaban J connectivity index is 2.22. The molecule has 1 N–H and O–H groups in total. The Hall–Kier alpha value is -0.200. The first kappa shape index (κ1) is 14.9. The van der Waals surface area contributed by atoms with E-state index in [-0.39, 0.29) is 6.10 Å². The molecular formula is C12H26N2O3. The fourth-order valence-corrected chi connectivity index (χ4v) is 2.21. The van der Waals surface area contributed by atoms with Gasteiger partial charge in [-0.25, -0.2) is 0 Å². The van der Waals surface area contributed by atoms with Crippen molar-refractivity contribution in [1.29, 1.82) is 0 Å². The van der Waals surface area contributed by atoms with Crippen molar-refractivity contribution in [2.45, 2.75) is 19.1 Å². The lowest BCUT2D eigenvalue weighted by Crippen LogP contribution is -2.47. The molecule has 0 aliphatic carbocycles. The first-order chi connectivity index (χ1) is 8.15. The third kappa shape index (κ3) is 5.79. The number of morpholine rings is 1. The number of ether oxygens (including phenoxy) is 2. The highest BCUT2D eigenvalue weighted by molar-refractivity contribution is 4.74. The van der Waals surface area contributed by atoms with Gasteiger partial charge in [0.05, 0.1) is 25.4 Å². The Bertz CT molecular complexity index is 204. The zero-order valence-corrected chi connectivity index (χ0v) is 11.3. The van der Waals surface area contributed by atoms with E-state index in [1.807, 2.05) is 7.05 Å². The summed E-state index contributed by atoms with van der Waals surface area (Å²) in [6.45, 7) is 7.95. The molecule has 1 saturated heterocycles. The molecule has 102 valence electrons. The predicted molar refractivity (Wildman–Crippen MR) is 67.2 cm³/mol. The average molecular weight is 246 g/mol. The second-order valence-corrected chi connectivity index (χ2v) is 4.72. The summed E-state index contributed by atoms with van der Waals surface area (Å²) in [4.78, 5) is 4.50. The van der Waals surface area contributed by atoms with Crippen LogP contribution in [0.5, 0.6) is 0 Å². The van der Waals surface area contributed by atoms with Crippen LogP contribution in [0.4, 0.5) is 0 Å². The highest BCUT2D eigenvalue weighted by atomic mass is 16.5. The summed E-state index contributed by atoms with van der Waals surface area (Å²) >= 11 is 0. The maximum Gasteiger partial charge on any atom is 0.0899 e. The van der Waals surface area contributed by atoms with E-state index in [9.17, 15) is 5.11 Å². The van der Waals surface area contributed by atoms with Crippen LogP contribution >= 0.6 is 0 Å². The highest BCUT2D eigenvalue weighted by Crippen LogP contribution is 2.06. The van der Waals surface area contributed by atoms with Crippen molar-refractivity contribution < 1.29 is 14.6 Å². The zero-order valence-electron chi connectivity index (χ0n) is 11.3. The number of likely N-dealkylation sites (N-methyl/N-ethyl adjacent to an activating group) is 2. The minimum absolute atomic E-state index is 0.253. The lowest BCUT2D eigenvalue weighted by Gasteiger charge is -2.34. The lowest BCUT2D eigenvalue weighted by molar-refractivity contribution is -0.0451. The summed E-state index contributed by atoms with van der Waals surface area (Å²) in [5.74, 6) is 0. The first-order valence-electron chi connectivity index (χ1n) is 6.35. The van der Waals surface area contributed by atoms with Crippen molar-refractivity contribution in [1.82, 2.24) is 9.80 Å². The first-order valence-corrected chi connectivity index (χ1v) is 6.35. The van der Waals surface area contributed by atoms with Gasteiger partial charge in [-0.05, 0) is 13.6 Å². The zero-order chi connectivity index (χ0) is 12.7. The third-order valence-electron chi connectivity index (χ3n) is 3.07. The van der Waals surface area contributed by atoms with E-state index in [0.29, 0.717) is 13.2 Å². The van der Waals surface area contributed by atoms with E-state index in [0.717, 1.165) is 32.8 Å². The molecule has 0 saturated carbocycles. The predicted octanol–water partition coefficient (Wildman–Crippen LogP) is -0.354. The Morgan fingerprint density at radius 2 is 2.35 bits per heavy atom. The van der Waals surface area contributed by atoms with Crippen LogP contribution in [0.15, 0.2) is 0 Å². The summed E-state index contributed by atoms with van der Waals surface area (Å²) in [5.41, 5.74) is 0. The average Bonchev–Trinajstić information content (AvgIpc) is 2.29. The van der Waals surface area contributed by atoms with Crippen LogP contribution < -0.4 is 0 Å². The van der Waals surface area contributed by atoms with Crippen LogP contribution in [-0.4, -0.2) is 87.2 Å². The van der Waals surface area contributed by atoms with E-state index in [1.54, 1.807) is 7.11 Å². The Morgan fingerprint density at radius 3 is 3.00 bits per heavy atom. The number of methoxy groups -OCH3 is 1. The molecule has 0 aromatic heterocycles. The summed E-state index contributed by atoms with van der Waals surface area (Å²) in [5, 5.41) is 9.63. The van der Waals surface area contributed by atoms with Gasteiger partial charge >= 0.3 is 0 Å². The molecule has 0 amide bonds. The second kappa shape index (κ2) is 8.00. The van der Waals surface area contributed by atoms with Crippen LogP contribution in [-0.2, 0) is 9.47 Å². The minimum atomic E-state index is -0.420. The molecule has 1 fully saturated rings.